The van der Waals surface area contributed by atoms with Crippen LogP contribution in [0.15, 0.2) is 71.9 Å². The smallest absolute Gasteiger partial charge is 0.340 e. The van der Waals surface area contributed by atoms with Crippen LogP contribution in [0.1, 0.15) is 10.4 Å². The van der Waals surface area contributed by atoms with E-state index in [0.717, 1.165) is 16.1 Å². The normalized spacial score (nSPS) is 10.6. The second-order valence-electron chi connectivity index (χ2n) is 6.26. The summed E-state index contributed by atoms with van der Waals surface area (Å²) in [6.45, 7) is 0. The van der Waals surface area contributed by atoms with Gasteiger partial charge in [-0.3, -0.25) is 4.79 Å². The van der Waals surface area contributed by atoms with Crippen LogP contribution < -0.4 is 5.32 Å². The molecule has 0 fully saturated rings. The number of para-hydroxylation sites is 1. The molecule has 0 aliphatic heterocycles. The van der Waals surface area contributed by atoms with E-state index in [1.54, 1.807) is 10.7 Å². The third-order valence-corrected chi connectivity index (χ3v) is 6.24. The van der Waals surface area contributed by atoms with Gasteiger partial charge >= 0.3 is 5.97 Å². The first-order valence-corrected chi connectivity index (χ1v) is 11.0. The Morgan fingerprint density at radius 1 is 1.10 bits per heavy atom. The van der Waals surface area contributed by atoms with Crippen LogP contribution in [-0.2, 0) is 9.53 Å². The van der Waals surface area contributed by atoms with Crippen LogP contribution in [0.5, 0.6) is 0 Å². The monoisotopic (exact) mass is 451 g/mol. The number of carbonyl (C=O) groups is 2. The molecule has 0 atom stereocenters. The van der Waals surface area contributed by atoms with E-state index in [-0.39, 0.29) is 11.7 Å². The number of esters is 1. The van der Waals surface area contributed by atoms with E-state index < -0.39 is 5.97 Å². The Kier molecular flexibility index (Phi) is 6.39. The standard InChI is InChI=1S/C21H17N5O3S2/c1-29-20(28)16-12-17(14-8-4-2-5-9-14)31-19(16)22-18(27)13-30-21-23-24-25-26(21)15-10-6-3-7-11-15/h2-12H,13H2,1H3,(H,22,27). The fourth-order valence-corrected chi connectivity index (χ4v) is 4.54. The highest BCUT2D eigenvalue weighted by Crippen LogP contribution is 2.36. The lowest BCUT2D eigenvalue weighted by Crippen LogP contribution is -2.16. The molecule has 2 aromatic heterocycles. The van der Waals surface area contributed by atoms with E-state index in [1.807, 2.05) is 60.7 Å². The first-order chi connectivity index (χ1) is 15.2. The molecule has 0 bridgehead atoms. The highest BCUT2D eigenvalue weighted by atomic mass is 32.2. The minimum Gasteiger partial charge on any atom is -0.465 e. The van der Waals surface area contributed by atoms with Crippen LogP contribution in [0, 0.1) is 0 Å². The first-order valence-electron chi connectivity index (χ1n) is 9.19. The van der Waals surface area contributed by atoms with Gasteiger partial charge in [0.15, 0.2) is 0 Å². The van der Waals surface area contributed by atoms with Gasteiger partial charge in [0.05, 0.1) is 24.1 Å². The summed E-state index contributed by atoms with van der Waals surface area (Å²) in [5.74, 6) is -0.708. The molecule has 2 heterocycles. The van der Waals surface area contributed by atoms with Crippen LogP contribution in [0.25, 0.3) is 16.1 Å². The predicted octanol–water partition coefficient (Wildman–Crippen LogP) is 3.91. The summed E-state index contributed by atoms with van der Waals surface area (Å²) in [7, 11) is 1.31. The fourth-order valence-electron chi connectivity index (χ4n) is 2.78. The van der Waals surface area contributed by atoms with E-state index in [0.29, 0.717) is 15.7 Å². The third-order valence-electron chi connectivity index (χ3n) is 4.22. The van der Waals surface area contributed by atoms with Gasteiger partial charge in [-0.25, -0.2) is 4.79 Å². The van der Waals surface area contributed by atoms with Gasteiger partial charge in [0.1, 0.15) is 5.00 Å². The zero-order valence-electron chi connectivity index (χ0n) is 16.4. The van der Waals surface area contributed by atoms with Gasteiger partial charge in [-0.05, 0) is 34.2 Å². The predicted molar refractivity (Wildman–Crippen MR) is 120 cm³/mol. The van der Waals surface area contributed by atoms with Crippen molar-refractivity contribution >= 4 is 40.0 Å². The molecule has 1 amide bonds. The highest BCUT2D eigenvalue weighted by molar-refractivity contribution is 7.99. The summed E-state index contributed by atoms with van der Waals surface area (Å²) in [6.07, 6.45) is 0. The molecule has 2 aromatic carbocycles. The summed E-state index contributed by atoms with van der Waals surface area (Å²) in [4.78, 5) is 25.7. The molecule has 8 nitrogen and oxygen atoms in total. The average molecular weight is 452 g/mol. The maximum Gasteiger partial charge on any atom is 0.340 e. The minimum absolute atomic E-state index is 0.0758. The molecule has 4 aromatic rings. The maximum atomic E-state index is 12.6. The van der Waals surface area contributed by atoms with Crippen LogP contribution >= 0.6 is 23.1 Å². The number of ether oxygens (including phenoxy) is 1. The molecule has 0 saturated carbocycles. The molecule has 0 radical (unpaired) electrons. The summed E-state index contributed by atoms with van der Waals surface area (Å²) < 4.78 is 6.44. The lowest BCUT2D eigenvalue weighted by atomic mass is 10.1. The Morgan fingerprint density at radius 3 is 2.52 bits per heavy atom. The number of carbonyl (C=O) groups excluding carboxylic acids is 2. The van der Waals surface area contributed by atoms with Crippen molar-refractivity contribution < 1.29 is 14.3 Å². The topological polar surface area (TPSA) is 99.0 Å². The van der Waals surface area contributed by atoms with Crippen molar-refractivity contribution in [3.8, 4) is 16.1 Å². The van der Waals surface area contributed by atoms with Gasteiger partial charge in [0.2, 0.25) is 11.1 Å². The van der Waals surface area contributed by atoms with Gasteiger partial charge in [0.25, 0.3) is 0 Å². The van der Waals surface area contributed by atoms with E-state index in [4.69, 9.17) is 4.74 Å². The van der Waals surface area contributed by atoms with Crippen molar-refractivity contribution in [1.29, 1.82) is 0 Å². The molecule has 0 saturated heterocycles. The number of aromatic nitrogens is 4. The summed E-state index contributed by atoms with van der Waals surface area (Å²) in [6, 6.07) is 20.8. The Hall–Kier alpha value is -3.50. The maximum absolute atomic E-state index is 12.6. The molecule has 0 aliphatic carbocycles. The van der Waals surface area contributed by atoms with E-state index in [9.17, 15) is 9.59 Å². The summed E-state index contributed by atoms with van der Waals surface area (Å²) >= 11 is 2.52. The van der Waals surface area contributed by atoms with Crippen molar-refractivity contribution in [1.82, 2.24) is 20.2 Å². The number of hydrogen-bond donors (Lipinski definition) is 1. The zero-order chi connectivity index (χ0) is 21.6. The van der Waals surface area contributed by atoms with Gasteiger partial charge in [0, 0.05) is 4.88 Å². The number of anilines is 1. The largest absolute Gasteiger partial charge is 0.465 e. The van der Waals surface area contributed by atoms with Gasteiger partial charge in [-0.15, -0.1) is 16.4 Å². The van der Waals surface area contributed by atoms with Gasteiger partial charge in [-0.1, -0.05) is 60.3 Å². The number of hydrogen-bond acceptors (Lipinski definition) is 8. The van der Waals surface area contributed by atoms with Crippen molar-refractivity contribution in [3.05, 3.63) is 72.3 Å². The molecular weight excluding hydrogens is 434 g/mol. The number of thiophene rings is 1. The lowest BCUT2D eigenvalue weighted by molar-refractivity contribution is -0.113. The quantitative estimate of drug-likeness (QED) is 0.336. The number of benzene rings is 2. The van der Waals surface area contributed by atoms with Crippen LogP contribution in [0.4, 0.5) is 5.00 Å². The van der Waals surface area contributed by atoms with Gasteiger partial charge < -0.3 is 10.1 Å². The molecule has 4 rings (SSSR count). The number of nitrogens with zero attached hydrogens (tertiary/aromatic N) is 4. The number of methoxy groups -OCH3 is 1. The molecule has 0 spiro atoms. The fraction of sp³-hybridized carbons (Fsp3) is 0.0952. The van der Waals surface area contributed by atoms with Crippen LogP contribution in [-0.4, -0.2) is 44.9 Å². The van der Waals surface area contributed by atoms with E-state index in [2.05, 4.69) is 20.8 Å². The number of nitrogens with one attached hydrogen (secondary N) is 1. The Balaban J connectivity index is 1.48. The number of tetrazole rings is 1. The SMILES string of the molecule is COC(=O)c1cc(-c2ccccc2)sc1NC(=O)CSc1nnnn1-c1ccccc1. The van der Waals surface area contributed by atoms with E-state index in [1.165, 1.54) is 30.2 Å². The summed E-state index contributed by atoms with van der Waals surface area (Å²) in [5, 5.41) is 15.4. The molecule has 156 valence electrons. The molecular formula is C21H17N5O3S2. The molecule has 1 N–H and O–H groups in total. The van der Waals surface area contributed by atoms with E-state index >= 15 is 0 Å². The van der Waals surface area contributed by atoms with Crippen LogP contribution in [0.2, 0.25) is 0 Å². The van der Waals surface area contributed by atoms with Crippen molar-refractivity contribution in [3.63, 3.8) is 0 Å². The number of rotatable bonds is 7. The van der Waals surface area contributed by atoms with Crippen molar-refractivity contribution in [2.75, 3.05) is 18.2 Å². The highest BCUT2D eigenvalue weighted by Gasteiger charge is 2.20. The molecule has 31 heavy (non-hydrogen) atoms. The molecule has 0 aliphatic rings. The van der Waals surface area contributed by atoms with Gasteiger partial charge in [-0.2, -0.15) is 4.68 Å². The second-order valence-corrected chi connectivity index (χ2v) is 8.25. The van der Waals surface area contributed by atoms with Crippen molar-refractivity contribution in [2.45, 2.75) is 5.16 Å². The molecule has 0 unspecified atom stereocenters. The number of amides is 1. The van der Waals surface area contributed by atoms with Crippen LogP contribution in [0.3, 0.4) is 0 Å². The first kappa shape index (κ1) is 20.8. The molecule has 10 heteroatoms. The zero-order valence-corrected chi connectivity index (χ0v) is 18.0. The Labute approximate surface area is 186 Å². The second kappa shape index (κ2) is 9.54. The third kappa shape index (κ3) is 4.81. The van der Waals surface area contributed by atoms with Crippen molar-refractivity contribution in [2.24, 2.45) is 0 Å². The lowest BCUT2D eigenvalue weighted by Gasteiger charge is -2.06. The number of thioether (sulfide) groups is 1. The Morgan fingerprint density at radius 2 is 1.81 bits per heavy atom. The minimum atomic E-state index is -0.505. The average Bonchev–Trinajstić information content (AvgIpc) is 3.45. The Bertz CT molecular complexity index is 1190. The summed E-state index contributed by atoms with van der Waals surface area (Å²) in [5.41, 5.74) is 2.07.